The van der Waals surface area contributed by atoms with Crippen LogP contribution in [0.1, 0.15) is 20.8 Å². The van der Waals surface area contributed by atoms with Gasteiger partial charge in [-0.3, -0.25) is 24.7 Å². The number of carbonyl (C=O) groups excluding carboxylic acids is 1. The number of aryl methyl sites for hydroxylation is 2. The first-order chi connectivity index (χ1) is 16.4. The zero-order valence-electron chi connectivity index (χ0n) is 18.9. The number of nitro groups is 1. The Morgan fingerprint density at radius 3 is 2.68 bits per heavy atom. The molecule has 1 aliphatic heterocycles. The maximum atomic E-state index is 13.8. The van der Waals surface area contributed by atoms with E-state index in [0.717, 1.165) is 40.1 Å². The molecule has 1 saturated heterocycles. The lowest BCUT2D eigenvalue weighted by Crippen LogP contribution is -2.43. The quantitative estimate of drug-likeness (QED) is 0.275. The zero-order valence-corrected chi connectivity index (χ0v) is 20.6. The highest BCUT2D eigenvalue weighted by atomic mass is 32.1. The first kappa shape index (κ1) is 22.9. The van der Waals surface area contributed by atoms with E-state index in [1.54, 1.807) is 17.0 Å². The molecule has 3 heterocycles. The Morgan fingerprint density at radius 2 is 1.91 bits per heavy atom. The highest BCUT2D eigenvalue weighted by Gasteiger charge is 2.25. The molecular formula is C24H24N4O4S2. The van der Waals surface area contributed by atoms with Gasteiger partial charge in [0.05, 0.1) is 33.2 Å². The molecule has 8 nitrogen and oxygen atoms in total. The van der Waals surface area contributed by atoms with Crippen molar-refractivity contribution in [1.82, 2.24) is 9.88 Å². The van der Waals surface area contributed by atoms with Gasteiger partial charge < -0.3 is 4.74 Å². The predicted molar refractivity (Wildman–Crippen MR) is 137 cm³/mol. The largest absolute Gasteiger partial charge is 0.379 e. The van der Waals surface area contributed by atoms with E-state index in [-0.39, 0.29) is 11.6 Å². The Kier molecular flexibility index (Phi) is 6.30. The number of amides is 1. The SMILES string of the molecule is Cc1ccc2sc(N(CCN3CCOCC3)C(=O)c3cc4cc([N+](=O)[O-])ccc4s3)nc2c1C. The van der Waals surface area contributed by atoms with Crippen LogP contribution in [0.15, 0.2) is 36.4 Å². The molecule has 2 aromatic carbocycles. The Hall–Kier alpha value is -2.92. The number of benzene rings is 2. The van der Waals surface area contributed by atoms with Gasteiger partial charge in [-0.25, -0.2) is 4.98 Å². The molecule has 2 aromatic heterocycles. The number of fused-ring (bicyclic) bond motifs is 2. The van der Waals surface area contributed by atoms with E-state index in [9.17, 15) is 14.9 Å². The molecule has 0 radical (unpaired) electrons. The van der Waals surface area contributed by atoms with Crippen molar-refractivity contribution in [3.05, 3.63) is 62.5 Å². The van der Waals surface area contributed by atoms with Crippen LogP contribution in [-0.2, 0) is 4.74 Å². The smallest absolute Gasteiger partial charge is 0.270 e. The molecular weight excluding hydrogens is 472 g/mol. The van der Waals surface area contributed by atoms with Crippen molar-refractivity contribution in [2.75, 3.05) is 44.3 Å². The summed E-state index contributed by atoms with van der Waals surface area (Å²) in [4.78, 5) is 34.0. The van der Waals surface area contributed by atoms with E-state index in [1.807, 2.05) is 0 Å². The van der Waals surface area contributed by atoms with E-state index >= 15 is 0 Å². The van der Waals surface area contributed by atoms with Gasteiger partial charge in [-0.1, -0.05) is 17.4 Å². The molecule has 0 bridgehead atoms. The second-order valence-electron chi connectivity index (χ2n) is 8.35. The van der Waals surface area contributed by atoms with Crippen LogP contribution in [0.2, 0.25) is 0 Å². The summed E-state index contributed by atoms with van der Waals surface area (Å²) in [7, 11) is 0. The molecule has 0 aliphatic carbocycles. The van der Waals surface area contributed by atoms with Crippen molar-refractivity contribution in [3.8, 4) is 0 Å². The van der Waals surface area contributed by atoms with Gasteiger partial charge in [0.15, 0.2) is 5.13 Å². The normalized spacial score (nSPS) is 14.6. The number of thiazole rings is 1. The van der Waals surface area contributed by atoms with Crippen molar-refractivity contribution >= 4 is 59.7 Å². The van der Waals surface area contributed by atoms with Crippen LogP contribution >= 0.6 is 22.7 Å². The lowest BCUT2D eigenvalue weighted by Gasteiger charge is -2.29. The molecule has 4 aromatic rings. The van der Waals surface area contributed by atoms with Crippen LogP contribution in [0.3, 0.4) is 0 Å². The number of nitrogens with zero attached hydrogens (tertiary/aromatic N) is 4. The lowest BCUT2D eigenvalue weighted by atomic mass is 10.1. The third-order valence-corrected chi connectivity index (χ3v) is 8.36. The fourth-order valence-electron chi connectivity index (χ4n) is 4.06. The van der Waals surface area contributed by atoms with E-state index in [1.165, 1.54) is 40.4 Å². The lowest BCUT2D eigenvalue weighted by molar-refractivity contribution is -0.384. The average Bonchev–Trinajstić information content (AvgIpc) is 3.46. The molecule has 0 N–H and O–H groups in total. The van der Waals surface area contributed by atoms with E-state index in [4.69, 9.17) is 9.72 Å². The minimum absolute atomic E-state index is 0.0190. The number of aromatic nitrogens is 1. The highest BCUT2D eigenvalue weighted by molar-refractivity contribution is 7.23. The summed E-state index contributed by atoms with van der Waals surface area (Å²) in [6, 6.07) is 10.6. The van der Waals surface area contributed by atoms with Crippen molar-refractivity contribution < 1.29 is 14.5 Å². The van der Waals surface area contributed by atoms with Gasteiger partial charge in [-0.2, -0.15) is 0 Å². The molecule has 34 heavy (non-hydrogen) atoms. The number of non-ortho nitro benzene ring substituents is 1. The minimum Gasteiger partial charge on any atom is -0.379 e. The van der Waals surface area contributed by atoms with Gasteiger partial charge in [-0.05, 0) is 43.2 Å². The number of thiophene rings is 1. The molecule has 0 spiro atoms. The maximum Gasteiger partial charge on any atom is 0.270 e. The summed E-state index contributed by atoms with van der Waals surface area (Å²) in [5.74, 6) is -0.134. The third kappa shape index (κ3) is 4.41. The maximum absolute atomic E-state index is 13.8. The van der Waals surface area contributed by atoms with Gasteiger partial charge in [0, 0.05) is 48.4 Å². The molecule has 1 amide bonds. The standard InChI is InChI=1S/C24H24N4O4S2/c1-15-3-5-20-22(16(15)2)25-24(34-20)27(8-7-26-9-11-32-12-10-26)23(29)21-14-17-13-18(28(30)31)4-6-19(17)33-21/h3-6,13-14H,7-12H2,1-2H3. The van der Waals surface area contributed by atoms with Crippen LogP contribution in [0.5, 0.6) is 0 Å². The molecule has 1 aliphatic rings. The molecule has 0 atom stereocenters. The van der Waals surface area contributed by atoms with Crippen LogP contribution in [0.25, 0.3) is 20.3 Å². The molecule has 1 fully saturated rings. The van der Waals surface area contributed by atoms with Crippen molar-refractivity contribution in [1.29, 1.82) is 0 Å². The molecule has 0 unspecified atom stereocenters. The van der Waals surface area contributed by atoms with Crippen molar-refractivity contribution in [3.63, 3.8) is 0 Å². The van der Waals surface area contributed by atoms with Crippen LogP contribution in [-0.4, -0.2) is 60.1 Å². The number of morpholine rings is 1. The number of anilines is 1. The van der Waals surface area contributed by atoms with Gasteiger partial charge >= 0.3 is 0 Å². The number of rotatable bonds is 6. The topological polar surface area (TPSA) is 88.8 Å². The van der Waals surface area contributed by atoms with Crippen LogP contribution in [0, 0.1) is 24.0 Å². The van der Waals surface area contributed by atoms with E-state index < -0.39 is 4.92 Å². The Labute approximate surface area is 204 Å². The van der Waals surface area contributed by atoms with Gasteiger partial charge in [0.1, 0.15) is 0 Å². The third-order valence-electron chi connectivity index (χ3n) is 6.21. The number of hydrogen-bond acceptors (Lipinski definition) is 8. The summed E-state index contributed by atoms with van der Waals surface area (Å²) in [6.07, 6.45) is 0. The summed E-state index contributed by atoms with van der Waals surface area (Å²) in [5, 5.41) is 12.5. The Bertz CT molecular complexity index is 1390. The average molecular weight is 497 g/mol. The summed E-state index contributed by atoms with van der Waals surface area (Å²) in [5.41, 5.74) is 3.23. The van der Waals surface area contributed by atoms with Crippen LogP contribution in [0.4, 0.5) is 10.8 Å². The minimum atomic E-state index is -0.418. The monoisotopic (exact) mass is 496 g/mol. The second kappa shape index (κ2) is 9.38. The first-order valence-electron chi connectivity index (χ1n) is 11.1. The van der Waals surface area contributed by atoms with Gasteiger partial charge in [0.2, 0.25) is 0 Å². The first-order valence-corrected chi connectivity index (χ1v) is 12.7. The summed E-state index contributed by atoms with van der Waals surface area (Å²) in [6.45, 7) is 8.42. The van der Waals surface area contributed by atoms with Crippen molar-refractivity contribution in [2.24, 2.45) is 0 Å². The number of carbonyl (C=O) groups is 1. The predicted octanol–water partition coefficient (Wildman–Crippen LogP) is 5.02. The van der Waals surface area contributed by atoms with E-state index in [2.05, 4.69) is 30.9 Å². The molecule has 176 valence electrons. The van der Waals surface area contributed by atoms with Gasteiger partial charge in [-0.15, -0.1) is 11.3 Å². The summed E-state index contributed by atoms with van der Waals surface area (Å²) >= 11 is 2.87. The van der Waals surface area contributed by atoms with Crippen molar-refractivity contribution in [2.45, 2.75) is 13.8 Å². The molecule has 0 saturated carbocycles. The fourth-order valence-corrected chi connectivity index (χ4v) is 6.10. The van der Waals surface area contributed by atoms with E-state index in [0.29, 0.717) is 35.2 Å². The number of nitro benzene ring substituents is 1. The Balaban J connectivity index is 1.50. The van der Waals surface area contributed by atoms with Crippen LogP contribution < -0.4 is 4.90 Å². The Morgan fingerprint density at radius 1 is 1.15 bits per heavy atom. The molecule has 5 rings (SSSR count). The second-order valence-corrected chi connectivity index (χ2v) is 10.4. The summed E-state index contributed by atoms with van der Waals surface area (Å²) < 4.78 is 7.35. The highest BCUT2D eigenvalue weighted by Crippen LogP contribution is 2.35. The molecule has 10 heteroatoms. The van der Waals surface area contributed by atoms with Gasteiger partial charge in [0.25, 0.3) is 11.6 Å². The number of ether oxygens (including phenoxy) is 1. The number of hydrogen-bond donors (Lipinski definition) is 0. The fraction of sp³-hybridized carbons (Fsp3) is 0.333. The zero-order chi connectivity index (χ0) is 23.8.